The lowest BCUT2D eigenvalue weighted by Crippen LogP contribution is -2.28. The summed E-state index contributed by atoms with van der Waals surface area (Å²) < 4.78 is 5.35. The fourth-order valence-corrected chi connectivity index (χ4v) is 1.23. The quantitative estimate of drug-likeness (QED) is 0.747. The van der Waals surface area contributed by atoms with E-state index in [1.165, 1.54) is 5.56 Å². The van der Waals surface area contributed by atoms with Crippen molar-refractivity contribution < 1.29 is 9.84 Å². The first kappa shape index (κ1) is 12.0. The zero-order valence-electron chi connectivity index (χ0n) is 9.36. The first-order valence-electron chi connectivity index (χ1n) is 5.32. The minimum Gasteiger partial charge on any atom is -0.494 e. The summed E-state index contributed by atoms with van der Waals surface area (Å²) in [6.07, 6.45) is 0. The van der Waals surface area contributed by atoms with Crippen molar-refractivity contribution in [3.8, 4) is 5.75 Å². The van der Waals surface area contributed by atoms with Gasteiger partial charge in [-0.2, -0.15) is 0 Å². The Morgan fingerprint density at radius 2 is 2.00 bits per heavy atom. The molecule has 2 N–H and O–H groups in total. The molecule has 0 radical (unpaired) electrons. The number of nitrogens with one attached hydrogen (secondary N) is 1. The van der Waals surface area contributed by atoms with Gasteiger partial charge in [-0.1, -0.05) is 12.1 Å². The van der Waals surface area contributed by atoms with Gasteiger partial charge in [0.05, 0.1) is 13.2 Å². The molecular weight excluding hydrogens is 190 g/mol. The second kappa shape index (κ2) is 6.43. The summed E-state index contributed by atoms with van der Waals surface area (Å²) in [5.74, 6) is 0.899. The van der Waals surface area contributed by atoms with Gasteiger partial charge >= 0.3 is 0 Å². The maximum absolute atomic E-state index is 8.84. The maximum atomic E-state index is 8.84. The first-order chi connectivity index (χ1) is 7.26. The molecule has 1 rings (SSSR count). The third kappa shape index (κ3) is 4.32. The molecule has 0 saturated heterocycles. The third-order valence-corrected chi connectivity index (χ3v) is 2.16. The molecule has 0 aliphatic heterocycles. The number of aliphatic hydroxyl groups is 1. The van der Waals surface area contributed by atoms with Crippen molar-refractivity contribution in [1.29, 1.82) is 0 Å². The van der Waals surface area contributed by atoms with Crippen LogP contribution in [0.4, 0.5) is 0 Å². The Labute approximate surface area is 91.1 Å². The van der Waals surface area contributed by atoms with Crippen molar-refractivity contribution in [1.82, 2.24) is 5.32 Å². The van der Waals surface area contributed by atoms with Crippen LogP contribution < -0.4 is 10.1 Å². The van der Waals surface area contributed by atoms with Gasteiger partial charge in [-0.05, 0) is 31.5 Å². The topological polar surface area (TPSA) is 41.5 Å². The normalized spacial score (nSPS) is 12.5. The summed E-state index contributed by atoms with van der Waals surface area (Å²) in [5.41, 5.74) is 1.19. The molecule has 1 aromatic rings. The van der Waals surface area contributed by atoms with Crippen LogP contribution in [0.15, 0.2) is 24.3 Å². The Kier molecular flexibility index (Phi) is 5.15. The maximum Gasteiger partial charge on any atom is 0.119 e. The van der Waals surface area contributed by atoms with Crippen LogP contribution >= 0.6 is 0 Å². The van der Waals surface area contributed by atoms with Crippen LogP contribution in [0.5, 0.6) is 5.75 Å². The highest BCUT2D eigenvalue weighted by atomic mass is 16.5. The smallest absolute Gasteiger partial charge is 0.119 e. The lowest BCUT2D eigenvalue weighted by atomic mass is 10.2. The monoisotopic (exact) mass is 209 g/mol. The van der Waals surface area contributed by atoms with Crippen molar-refractivity contribution in [2.75, 3.05) is 13.2 Å². The average molecular weight is 209 g/mol. The van der Waals surface area contributed by atoms with Crippen molar-refractivity contribution in [3.63, 3.8) is 0 Å². The SMILES string of the molecule is CCOc1ccc(CN[C@@H](C)CO)cc1. The highest BCUT2D eigenvalue weighted by molar-refractivity contribution is 5.27. The molecule has 0 bridgehead atoms. The van der Waals surface area contributed by atoms with Crippen molar-refractivity contribution in [2.24, 2.45) is 0 Å². The van der Waals surface area contributed by atoms with E-state index in [-0.39, 0.29) is 12.6 Å². The summed E-state index contributed by atoms with van der Waals surface area (Å²) >= 11 is 0. The zero-order valence-corrected chi connectivity index (χ0v) is 9.36. The minimum atomic E-state index is 0.136. The zero-order chi connectivity index (χ0) is 11.1. The molecule has 0 unspecified atom stereocenters. The van der Waals surface area contributed by atoms with E-state index < -0.39 is 0 Å². The average Bonchev–Trinajstić information content (AvgIpc) is 2.28. The molecule has 0 fully saturated rings. The minimum absolute atomic E-state index is 0.136. The molecule has 0 aliphatic carbocycles. The molecule has 0 heterocycles. The van der Waals surface area contributed by atoms with E-state index in [4.69, 9.17) is 9.84 Å². The van der Waals surface area contributed by atoms with E-state index in [9.17, 15) is 0 Å². The van der Waals surface area contributed by atoms with Crippen LogP contribution in [0.2, 0.25) is 0 Å². The standard InChI is InChI=1S/C12H19NO2/c1-3-15-12-6-4-11(5-7-12)8-13-10(2)9-14/h4-7,10,13-14H,3,8-9H2,1-2H3/t10-/m0/s1. The van der Waals surface area contributed by atoms with Crippen LogP contribution in [-0.4, -0.2) is 24.4 Å². The number of benzene rings is 1. The molecule has 0 spiro atoms. The molecule has 0 aliphatic rings. The molecule has 0 amide bonds. The summed E-state index contributed by atoms with van der Waals surface area (Å²) in [6, 6.07) is 8.12. The number of ether oxygens (including phenoxy) is 1. The number of hydrogen-bond donors (Lipinski definition) is 2. The summed E-state index contributed by atoms with van der Waals surface area (Å²) in [5, 5.41) is 12.1. The lowest BCUT2D eigenvalue weighted by Gasteiger charge is -2.10. The van der Waals surface area contributed by atoms with Crippen molar-refractivity contribution >= 4 is 0 Å². The van der Waals surface area contributed by atoms with E-state index in [0.717, 1.165) is 12.3 Å². The van der Waals surface area contributed by atoms with Gasteiger partial charge in [0.2, 0.25) is 0 Å². The molecule has 1 aromatic carbocycles. The van der Waals surface area contributed by atoms with E-state index in [0.29, 0.717) is 6.61 Å². The molecule has 3 nitrogen and oxygen atoms in total. The fourth-order valence-electron chi connectivity index (χ4n) is 1.23. The number of rotatable bonds is 6. The van der Waals surface area contributed by atoms with Crippen LogP contribution in [-0.2, 0) is 6.54 Å². The second-order valence-electron chi connectivity index (χ2n) is 3.54. The van der Waals surface area contributed by atoms with Gasteiger partial charge < -0.3 is 15.2 Å². The molecule has 15 heavy (non-hydrogen) atoms. The van der Waals surface area contributed by atoms with Crippen LogP contribution in [0.3, 0.4) is 0 Å². The van der Waals surface area contributed by atoms with E-state index in [1.807, 2.05) is 38.1 Å². The summed E-state index contributed by atoms with van der Waals surface area (Å²) in [6.45, 7) is 5.55. The molecule has 3 heteroatoms. The summed E-state index contributed by atoms with van der Waals surface area (Å²) in [4.78, 5) is 0. The van der Waals surface area contributed by atoms with Crippen molar-refractivity contribution in [3.05, 3.63) is 29.8 Å². The summed E-state index contributed by atoms with van der Waals surface area (Å²) in [7, 11) is 0. The van der Waals surface area contributed by atoms with Gasteiger partial charge in [0.15, 0.2) is 0 Å². The third-order valence-electron chi connectivity index (χ3n) is 2.16. The Morgan fingerprint density at radius 3 is 2.53 bits per heavy atom. The Balaban J connectivity index is 2.42. The van der Waals surface area contributed by atoms with E-state index in [2.05, 4.69) is 5.32 Å². The molecule has 1 atom stereocenters. The molecule has 0 aromatic heterocycles. The first-order valence-corrected chi connectivity index (χ1v) is 5.32. The van der Waals surface area contributed by atoms with Gasteiger partial charge in [0, 0.05) is 12.6 Å². The highest BCUT2D eigenvalue weighted by Crippen LogP contribution is 2.11. The highest BCUT2D eigenvalue weighted by Gasteiger charge is 1.99. The second-order valence-corrected chi connectivity index (χ2v) is 3.54. The Bertz CT molecular complexity index is 271. The fraction of sp³-hybridized carbons (Fsp3) is 0.500. The molecular formula is C12H19NO2. The van der Waals surface area contributed by atoms with E-state index in [1.54, 1.807) is 0 Å². The largest absolute Gasteiger partial charge is 0.494 e. The van der Waals surface area contributed by atoms with Gasteiger partial charge in [-0.3, -0.25) is 0 Å². The van der Waals surface area contributed by atoms with Gasteiger partial charge in [0.25, 0.3) is 0 Å². The Morgan fingerprint density at radius 1 is 1.33 bits per heavy atom. The van der Waals surface area contributed by atoms with Crippen LogP contribution in [0, 0.1) is 0 Å². The van der Waals surface area contributed by atoms with Crippen LogP contribution in [0.1, 0.15) is 19.4 Å². The van der Waals surface area contributed by atoms with Gasteiger partial charge in [-0.15, -0.1) is 0 Å². The van der Waals surface area contributed by atoms with Gasteiger partial charge in [-0.25, -0.2) is 0 Å². The lowest BCUT2D eigenvalue weighted by molar-refractivity contribution is 0.251. The molecule has 84 valence electrons. The predicted octanol–water partition coefficient (Wildman–Crippen LogP) is 1.56. The Hall–Kier alpha value is -1.06. The van der Waals surface area contributed by atoms with E-state index >= 15 is 0 Å². The number of aliphatic hydroxyl groups excluding tert-OH is 1. The van der Waals surface area contributed by atoms with Crippen LogP contribution in [0.25, 0.3) is 0 Å². The van der Waals surface area contributed by atoms with Gasteiger partial charge in [0.1, 0.15) is 5.75 Å². The predicted molar refractivity (Wildman–Crippen MR) is 61.0 cm³/mol. The van der Waals surface area contributed by atoms with Crippen molar-refractivity contribution in [2.45, 2.75) is 26.4 Å². The molecule has 0 saturated carbocycles. The number of hydrogen-bond acceptors (Lipinski definition) is 3.